The maximum Gasteiger partial charge on any atom is 0.240 e. The second kappa shape index (κ2) is 5.18. The van der Waals surface area contributed by atoms with E-state index in [2.05, 4.69) is 5.32 Å². The maximum absolute atomic E-state index is 12.1. The zero-order valence-corrected chi connectivity index (χ0v) is 9.63. The molecule has 86 valence electrons. The number of nitrogens with one attached hydrogen (secondary N) is 1. The summed E-state index contributed by atoms with van der Waals surface area (Å²) in [6.45, 7) is 1.83. The van der Waals surface area contributed by atoms with Crippen LogP contribution in [0.5, 0.6) is 0 Å². The topological polar surface area (TPSA) is 52.6 Å². The average Bonchev–Trinajstić information content (AvgIpc) is 2.77. The second-order valence-corrected chi connectivity index (χ2v) is 5.24. The molecule has 4 nitrogen and oxygen atoms in total. The summed E-state index contributed by atoms with van der Waals surface area (Å²) in [5.74, 6) is 2.14. The van der Waals surface area contributed by atoms with Crippen LogP contribution in [0.15, 0.2) is 0 Å². The molecule has 0 radical (unpaired) electrons. The van der Waals surface area contributed by atoms with Crippen molar-refractivity contribution < 1.29 is 9.90 Å². The largest absolute Gasteiger partial charge is 0.394 e. The molecule has 0 aromatic rings. The van der Waals surface area contributed by atoms with Crippen LogP contribution in [0, 0.1) is 0 Å². The molecule has 2 atom stereocenters. The molecule has 0 aliphatic carbocycles. The molecule has 0 spiro atoms. The summed E-state index contributed by atoms with van der Waals surface area (Å²) in [7, 11) is 0. The van der Waals surface area contributed by atoms with E-state index in [0.717, 1.165) is 37.4 Å². The van der Waals surface area contributed by atoms with Gasteiger partial charge in [0.25, 0.3) is 0 Å². The molecule has 2 fully saturated rings. The van der Waals surface area contributed by atoms with Crippen molar-refractivity contribution in [2.75, 3.05) is 31.2 Å². The lowest BCUT2D eigenvalue weighted by atomic mass is 10.2. The number of carbonyl (C=O) groups is 1. The molecule has 0 aromatic heterocycles. The van der Waals surface area contributed by atoms with Crippen molar-refractivity contribution in [1.82, 2.24) is 10.2 Å². The molecule has 2 rings (SSSR count). The first kappa shape index (κ1) is 11.2. The van der Waals surface area contributed by atoms with Crippen LogP contribution in [0.25, 0.3) is 0 Å². The molecule has 2 aliphatic heterocycles. The Morgan fingerprint density at radius 2 is 2.47 bits per heavy atom. The van der Waals surface area contributed by atoms with E-state index in [1.165, 1.54) is 0 Å². The molecular formula is C10H18N2O2S. The molecule has 1 amide bonds. The summed E-state index contributed by atoms with van der Waals surface area (Å²) in [6, 6.07) is 0.0297. The maximum atomic E-state index is 12.1. The first-order valence-electron chi connectivity index (χ1n) is 5.55. The molecule has 2 saturated heterocycles. The van der Waals surface area contributed by atoms with Crippen LogP contribution in [-0.2, 0) is 4.79 Å². The highest BCUT2D eigenvalue weighted by Gasteiger charge is 2.33. The van der Waals surface area contributed by atoms with Gasteiger partial charge in [0.2, 0.25) is 5.91 Å². The zero-order valence-electron chi connectivity index (χ0n) is 8.82. The number of hydrogen-bond acceptors (Lipinski definition) is 4. The Kier molecular flexibility index (Phi) is 3.88. The number of likely N-dealkylation sites (tertiary alicyclic amines) is 1. The van der Waals surface area contributed by atoms with Crippen LogP contribution in [0.3, 0.4) is 0 Å². The number of carbonyl (C=O) groups excluding carboxylic acids is 1. The van der Waals surface area contributed by atoms with Crippen molar-refractivity contribution in [3.8, 4) is 0 Å². The minimum atomic E-state index is -0.0316. The van der Waals surface area contributed by atoms with Crippen LogP contribution in [0.4, 0.5) is 0 Å². The van der Waals surface area contributed by atoms with Crippen molar-refractivity contribution in [1.29, 1.82) is 0 Å². The van der Waals surface area contributed by atoms with Crippen LogP contribution in [0.1, 0.15) is 12.8 Å². The van der Waals surface area contributed by atoms with Crippen molar-refractivity contribution in [2.24, 2.45) is 0 Å². The predicted molar refractivity (Wildman–Crippen MR) is 60.9 cm³/mol. The van der Waals surface area contributed by atoms with Gasteiger partial charge in [0.05, 0.1) is 18.7 Å². The fraction of sp³-hybridized carbons (Fsp3) is 0.900. The third-order valence-corrected chi connectivity index (χ3v) is 4.15. The Labute approximate surface area is 94.4 Å². The van der Waals surface area contributed by atoms with Crippen molar-refractivity contribution in [3.05, 3.63) is 0 Å². The van der Waals surface area contributed by atoms with Gasteiger partial charge >= 0.3 is 0 Å². The van der Waals surface area contributed by atoms with E-state index in [1.807, 2.05) is 16.7 Å². The Bertz CT molecular complexity index is 231. The van der Waals surface area contributed by atoms with Gasteiger partial charge in [-0.25, -0.2) is 0 Å². The Morgan fingerprint density at radius 1 is 1.60 bits per heavy atom. The number of hydrogen-bond donors (Lipinski definition) is 2. The van der Waals surface area contributed by atoms with Gasteiger partial charge in [0.15, 0.2) is 0 Å². The number of rotatable bonds is 2. The SMILES string of the molecule is O=C(C1CSCCN1)N1CCCC1CO. The Morgan fingerprint density at radius 3 is 3.13 bits per heavy atom. The fourth-order valence-electron chi connectivity index (χ4n) is 2.24. The summed E-state index contributed by atoms with van der Waals surface area (Å²) in [5, 5.41) is 12.4. The Hall–Kier alpha value is -0.260. The number of amides is 1. The van der Waals surface area contributed by atoms with Gasteiger partial charge < -0.3 is 15.3 Å². The highest BCUT2D eigenvalue weighted by atomic mass is 32.2. The fourth-order valence-corrected chi connectivity index (χ4v) is 3.16. The number of nitrogens with zero attached hydrogens (tertiary/aromatic N) is 1. The first-order chi connectivity index (χ1) is 7.33. The van der Waals surface area contributed by atoms with E-state index >= 15 is 0 Å². The molecule has 15 heavy (non-hydrogen) atoms. The molecule has 5 heteroatoms. The van der Waals surface area contributed by atoms with Crippen LogP contribution in [0.2, 0.25) is 0 Å². The lowest BCUT2D eigenvalue weighted by Gasteiger charge is -2.30. The molecule has 2 aliphatic rings. The quantitative estimate of drug-likeness (QED) is 0.682. The molecular weight excluding hydrogens is 212 g/mol. The van der Waals surface area contributed by atoms with Crippen molar-refractivity contribution >= 4 is 17.7 Å². The van der Waals surface area contributed by atoms with Gasteiger partial charge in [-0.05, 0) is 12.8 Å². The molecule has 2 heterocycles. The standard InChI is InChI=1S/C10H18N2O2S/c13-6-8-2-1-4-12(8)10(14)9-7-15-5-3-11-9/h8-9,11,13H,1-7H2. The van der Waals surface area contributed by atoms with Gasteiger partial charge in [-0.2, -0.15) is 11.8 Å². The monoisotopic (exact) mass is 230 g/mol. The summed E-state index contributed by atoms with van der Waals surface area (Å²) >= 11 is 1.83. The van der Waals surface area contributed by atoms with E-state index in [1.54, 1.807) is 0 Å². The number of aliphatic hydroxyl groups is 1. The van der Waals surface area contributed by atoms with E-state index in [-0.39, 0.29) is 24.6 Å². The van der Waals surface area contributed by atoms with Gasteiger partial charge in [-0.1, -0.05) is 0 Å². The van der Waals surface area contributed by atoms with Gasteiger partial charge in [0.1, 0.15) is 0 Å². The van der Waals surface area contributed by atoms with E-state index < -0.39 is 0 Å². The summed E-state index contributed by atoms with van der Waals surface area (Å²) < 4.78 is 0. The van der Waals surface area contributed by atoms with Crippen LogP contribution < -0.4 is 5.32 Å². The van der Waals surface area contributed by atoms with E-state index in [9.17, 15) is 4.79 Å². The van der Waals surface area contributed by atoms with Gasteiger partial charge in [0, 0.05) is 24.6 Å². The minimum Gasteiger partial charge on any atom is -0.394 e. The van der Waals surface area contributed by atoms with Crippen molar-refractivity contribution in [2.45, 2.75) is 24.9 Å². The van der Waals surface area contributed by atoms with Crippen LogP contribution in [-0.4, -0.2) is 59.2 Å². The van der Waals surface area contributed by atoms with Crippen molar-refractivity contribution in [3.63, 3.8) is 0 Å². The lowest BCUT2D eigenvalue weighted by Crippen LogP contribution is -2.52. The molecule has 0 saturated carbocycles. The second-order valence-electron chi connectivity index (χ2n) is 4.09. The van der Waals surface area contributed by atoms with Gasteiger partial charge in [-0.3, -0.25) is 4.79 Å². The number of thioether (sulfide) groups is 1. The normalized spacial score (nSPS) is 31.9. The third-order valence-electron chi connectivity index (χ3n) is 3.09. The summed E-state index contributed by atoms with van der Waals surface area (Å²) in [6.07, 6.45) is 1.97. The molecule has 2 N–H and O–H groups in total. The molecule has 0 bridgehead atoms. The highest BCUT2D eigenvalue weighted by molar-refractivity contribution is 7.99. The zero-order chi connectivity index (χ0) is 10.7. The number of aliphatic hydroxyl groups excluding tert-OH is 1. The average molecular weight is 230 g/mol. The predicted octanol–water partition coefficient (Wildman–Crippen LogP) is -0.325. The molecule has 0 aromatic carbocycles. The van der Waals surface area contributed by atoms with E-state index in [4.69, 9.17) is 5.11 Å². The minimum absolute atomic E-state index is 0.0316. The first-order valence-corrected chi connectivity index (χ1v) is 6.71. The summed E-state index contributed by atoms with van der Waals surface area (Å²) in [5.41, 5.74) is 0. The highest BCUT2D eigenvalue weighted by Crippen LogP contribution is 2.19. The lowest BCUT2D eigenvalue weighted by molar-refractivity contribution is -0.134. The summed E-state index contributed by atoms with van der Waals surface area (Å²) in [4.78, 5) is 14.0. The van der Waals surface area contributed by atoms with Crippen LogP contribution >= 0.6 is 11.8 Å². The smallest absolute Gasteiger partial charge is 0.240 e. The molecule has 2 unspecified atom stereocenters. The Balaban J connectivity index is 1.93. The third kappa shape index (κ3) is 2.46. The van der Waals surface area contributed by atoms with Gasteiger partial charge in [-0.15, -0.1) is 0 Å². The van der Waals surface area contributed by atoms with E-state index in [0.29, 0.717) is 0 Å².